The lowest BCUT2D eigenvalue weighted by molar-refractivity contribution is -0.137. The number of rotatable bonds is 2. The second-order valence-corrected chi connectivity index (χ2v) is 5.08. The molecule has 0 aliphatic heterocycles. The van der Waals surface area contributed by atoms with Crippen molar-refractivity contribution in [2.45, 2.75) is 13.1 Å². The molecule has 0 radical (unpaired) electrons. The Hall–Kier alpha value is -2.56. The fraction of sp³-hybridized carbons (Fsp3) is 0.118. The van der Waals surface area contributed by atoms with Gasteiger partial charge in [-0.25, -0.2) is 0 Å². The zero-order chi connectivity index (χ0) is 15.9. The van der Waals surface area contributed by atoms with Gasteiger partial charge in [-0.2, -0.15) is 13.2 Å². The molecule has 0 fully saturated rings. The van der Waals surface area contributed by atoms with E-state index in [9.17, 15) is 18.0 Å². The lowest BCUT2D eigenvalue weighted by Gasteiger charge is -2.08. The molecule has 0 saturated heterocycles. The number of H-pyrrole nitrogens is 1. The third-order valence-corrected chi connectivity index (χ3v) is 3.57. The summed E-state index contributed by atoms with van der Waals surface area (Å²) in [6, 6.07) is 11.7. The first kappa shape index (κ1) is 14.4. The summed E-state index contributed by atoms with van der Waals surface area (Å²) >= 11 is 0. The summed E-state index contributed by atoms with van der Waals surface area (Å²) in [5.41, 5.74) is 1.05. The van der Waals surface area contributed by atoms with E-state index >= 15 is 0 Å². The summed E-state index contributed by atoms with van der Waals surface area (Å²) < 4.78 is 38.4. The zero-order valence-corrected chi connectivity index (χ0v) is 11.7. The molecule has 0 aliphatic carbocycles. The van der Waals surface area contributed by atoms with Crippen LogP contribution in [0, 0.1) is 6.92 Å². The van der Waals surface area contributed by atoms with E-state index in [4.69, 9.17) is 0 Å². The molecule has 0 amide bonds. The van der Waals surface area contributed by atoms with Crippen LogP contribution < -0.4 is 0 Å². The van der Waals surface area contributed by atoms with Crippen molar-refractivity contribution in [2.24, 2.45) is 0 Å². The third-order valence-electron chi connectivity index (χ3n) is 3.57. The van der Waals surface area contributed by atoms with E-state index in [2.05, 4.69) is 4.98 Å². The maximum atomic E-state index is 12.8. The summed E-state index contributed by atoms with van der Waals surface area (Å²) in [6.07, 6.45) is -4.47. The standard InChI is InChI=1S/C17H12F3NO/c1-10-15(13-7-2-3-8-14(13)21-10)16(22)11-5-4-6-12(9-11)17(18,19)20/h2-9,21H,1H3. The van der Waals surface area contributed by atoms with Gasteiger partial charge in [0, 0.05) is 22.2 Å². The number of carbonyl (C=O) groups is 1. The van der Waals surface area contributed by atoms with Crippen molar-refractivity contribution < 1.29 is 18.0 Å². The van der Waals surface area contributed by atoms with E-state index in [1.807, 2.05) is 12.1 Å². The fourth-order valence-corrected chi connectivity index (χ4v) is 2.55. The number of carbonyl (C=O) groups excluding carboxylic acids is 1. The number of para-hydroxylation sites is 1. The molecular weight excluding hydrogens is 291 g/mol. The second-order valence-electron chi connectivity index (χ2n) is 5.08. The molecule has 0 aliphatic rings. The van der Waals surface area contributed by atoms with Gasteiger partial charge in [0.2, 0.25) is 0 Å². The molecule has 3 aromatic rings. The first-order valence-electron chi connectivity index (χ1n) is 6.67. The molecule has 22 heavy (non-hydrogen) atoms. The number of alkyl halides is 3. The minimum Gasteiger partial charge on any atom is -0.358 e. The largest absolute Gasteiger partial charge is 0.416 e. The summed E-state index contributed by atoms with van der Waals surface area (Å²) in [5.74, 6) is -0.416. The molecule has 1 aromatic heterocycles. The monoisotopic (exact) mass is 303 g/mol. The number of aromatic amines is 1. The van der Waals surface area contributed by atoms with Crippen LogP contribution in [-0.2, 0) is 6.18 Å². The Morgan fingerprint density at radius 1 is 1.05 bits per heavy atom. The van der Waals surface area contributed by atoms with Crippen LogP contribution in [0.1, 0.15) is 27.2 Å². The lowest BCUT2D eigenvalue weighted by atomic mass is 9.99. The summed E-state index contributed by atoms with van der Waals surface area (Å²) in [5, 5.41) is 0.711. The molecule has 0 bridgehead atoms. The Morgan fingerprint density at radius 3 is 2.50 bits per heavy atom. The van der Waals surface area contributed by atoms with E-state index in [0.29, 0.717) is 16.6 Å². The Morgan fingerprint density at radius 2 is 1.77 bits per heavy atom. The molecule has 0 saturated carbocycles. The van der Waals surface area contributed by atoms with Crippen molar-refractivity contribution in [1.82, 2.24) is 4.98 Å². The second kappa shape index (κ2) is 5.02. The fourth-order valence-electron chi connectivity index (χ4n) is 2.55. The van der Waals surface area contributed by atoms with Crippen LogP contribution in [-0.4, -0.2) is 10.8 Å². The molecule has 2 nitrogen and oxygen atoms in total. The highest BCUT2D eigenvalue weighted by atomic mass is 19.4. The predicted molar refractivity (Wildman–Crippen MR) is 77.9 cm³/mol. The maximum absolute atomic E-state index is 12.8. The van der Waals surface area contributed by atoms with Gasteiger partial charge in [0.15, 0.2) is 5.78 Å². The molecule has 0 spiro atoms. The quantitative estimate of drug-likeness (QED) is 0.682. The summed E-state index contributed by atoms with van der Waals surface area (Å²) in [7, 11) is 0. The average molecular weight is 303 g/mol. The van der Waals surface area contributed by atoms with Crippen LogP contribution in [0.3, 0.4) is 0 Å². The van der Waals surface area contributed by atoms with Gasteiger partial charge in [0.25, 0.3) is 0 Å². The molecular formula is C17H12F3NO. The third kappa shape index (κ3) is 2.39. The number of hydrogen-bond donors (Lipinski definition) is 1. The summed E-state index contributed by atoms with van der Waals surface area (Å²) in [4.78, 5) is 15.7. The van der Waals surface area contributed by atoms with Crippen LogP contribution in [0.4, 0.5) is 13.2 Å². The van der Waals surface area contributed by atoms with Crippen LogP contribution in [0.15, 0.2) is 48.5 Å². The van der Waals surface area contributed by atoms with E-state index in [1.165, 1.54) is 12.1 Å². The van der Waals surface area contributed by atoms with Crippen molar-refractivity contribution in [3.05, 3.63) is 70.9 Å². The number of hydrogen-bond acceptors (Lipinski definition) is 1. The topological polar surface area (TPSA) is 32.9 Å². The van der Waals surface area contributed by atoms with E-state index < -0.39 is 17.5 Å². The number of ketones is 1. The van der Waals surface area contributed by atoms with Gasteiger partial charge < -0.3 is 4.98 Å². The number of aromatic nitrogens is 1. The van der Waals surface area contributed by atoms with Gasteiger partial charge in [-0.05, 0) is 25.1 Å². The first-order chi connectivity index (χ1) is 10.4. The van der Waals surface area contributed by atoms with Gasteiger partial charge >= 0.3 is 6.18 Å². The number of fused-ring (bicyclic) bond motifs is 1. The van der Waals surface area contributed by atoms with Crippen molar-refractivity contribution in [2.75, 3.05) is 0 Å². The first-order valence-corrected chi connectivity index (χ1v) is 6.67. The Bertz CT molecular complexity index is 862. The van der Waals surface area contributed by atoms with Gasteiger partial charge in [0.05, 0.1) is 11.1 Å². The molecule has 1 N–H and O–H groups in total. The van der Waals surface area contributed by atoms with Gasteiger partial charge in [0.1, 0.15) is 0 Å². The highest BCUT2D eigenvalue weighted by molar-refractivity contribution is 6.17. The highest BCUT2D eigenvalue weighted by Crippen LogP contribution is 2.31. The minimum atomic E-state index is -4.47. The highest BCUT2D eigenvalue weighted by Gasteiger charge is 2.31. The molecule has 3 rings (SSSR count). The van der Waals surface area contributed by atoms with Crippen LogP contribution in [0.2, 0.25) is 0 Å². The Labute approximate surface area is 124 Å². The molecule has 112 valence electrons. The Kier molecular flexibility index (Phi) is 3.28. The van der Waals surface area contributed by atoms with E-state index in [-0.39, 0.29) is 5.56 Å². The van der Waals surface area contributed by atoms with E-state index in [0.717, 1.165) is 17.6 Å². The number of nitrogens with one attached hydrogen (secondary N) is 1. The molecule has 1 heterocycles. The molecule has 0 unspecified atom stereocenters. The van der Waals surface area contributed by atoms with Crippen LogP contribution in [0.25, 0.3) is 10.9 Å². The van der Waals surface area contributed by atoms with Crippen molar-refractivity contribution in [3.63, 3.8) is 0 Å². The zero-order valence-electron chi connectivity index (χ0n) is 11.7. The average Bonchev–Trinajstić information content (AvgIpc) is 2.81. The molecule has 5 heteroatoms. The number of halogens is 3. The Balaban J connectivity index is 2.13. The van der Waals surface area contributed by atoms with Crippen LogP contribution >= 0.6 is 0 Å². The van der Waals surface area contributed by atoms with Crippen LogP contribution in [0.5, 0.6) is 0 Å². The lowest BCUT2D eigenvalue weighted by Crippen LogP contribution is -2.08. The number of aryl methyl sites for hydroxylation is 1. The normalized spacial score (nSPS) is 11.8. The van der Waals surface area contributed by atoms with Crippen molar-refractivity contribution >= 4 is 16.7 Å². The van der Waals surface area contributed by atoms with Gasteiger partial charge in [-0.15, -0.1) is 0 Å². The van der Waals surface area contributed by atoms with E-state index in [1.54, 1.807) is 19.1 Å². The number of benzene rings is 2. The SMILES string of the molecule is Cc1[nH]c2ccccc2c1C(=O)c1cccc(C(F)(F)F)c1. The smallest absolute Gasteiger partial charge is 0.358 e. The predicted octanol–water partition coefficient (Wildman–Crippen LogP) is 4.73. The van der Waals surface area contributed by atoms with Gasteiger partial charge in [-0.3, -0.25) is 4.79 Å². The maximum Gasteiger partial charge on any atom is 0.416 e. The van der Waals surface area contributed by atoms with Crippen molar-refractivity contribution in [3.8, 4) is 0 Å². The van der Waals surface area contributed by atoms with Gasteiger partial charge in [-0.1, -0.05) is 30.3 Å². The minimum absolute atomic E-state index is 0.0303. The molecule has 2 aromatic carbocycles. The molecule has 0 atom stereocenters. The van der Waals surface area contributed by atoms with Crippen molar-refractivity contribution in [1.29, 1.82) is 0 Å². The summed E-state index contributed by atoms with van der Waals surface area (Å²) in [6.45, 7) is 1.74.